The summed E-state index contributed by atoms with van der Waals surface area (Å²) in [5, 5.41) is 0. The Bertz CT molecular complexity index is 196. The molecule has 0 aromatic heterocycles. The minimum atomic E-state index is -0.194. The first-order valence-electron chi connectivity index (χ1n) is 5.42. The predicted molar refractivity (Wildman–Crippen MR) is 56.6 cm³/mol. The van der Waals surface area contributed by atoms with Gasteiger partial charge in [-0.1, -0.05) is 6.92 Å². The highest BCUT2D eigenvalue weighted by Gasteiger charge is 2.29. The number of rotatable bonds is 5. The molecule has 0 saturated carbocycles. The number of hydrogen-bond donors (Lipinski definition) is 2. The number of nitrogens with zero attached hydrogens (tertiary/aromatic N) is 1. The van der Waals surface area contributed by atoms with E-state index in [1.54, 1.807) is 0 Å². The van der Waals surface area contributed by atoms with Crippen molar-refractivity contribution in [2.75, 3.05) is 19.6 Å². The van der Waals surface area contributed by atoms with Crippen LogP contribution in [0.4, 0.5) is 0 Å². The molecule has 1 amide bonds. The lowest BCUT2D eigenvalue weighted by Crippen LogP contribution is -2.43. The number of likely N-dealkylation sites (tertiary alicyclic amines) is 1. The highest BCUT2D eigenvalue weighted by molar-refractivity contribution is 5.79. The van der Waals surface area contributed by atoms with Crippen molar-refractivity contribution < 1.29 is 4.79 Å². The van der Waals surface area contributed by atoms with E-state index in [1.165, 1.54) is 0 Å². The lowest BCUT2D eigenvalue weighted by molar-refractivity contribution is -0.123. The van der Waals surface area contributed by atoms with Crippen molar-refractivity contribution in [1.29, 1.82) is 0 Å². The molecule has 4 N–H and O–H groups in total. The van der Waals surface area contributed by atoms with Crippen LogP contribution in [0.15, 0.2) is 0 Å². The molecule has 2 atom stereocenters. The van der Waals surface area contributed by atoms with Crippen molar-refractivity contribution in [1.82, 2.24) is 4.90 Å². The Morgan fingerprint density at radius 1 is 1.64 bits per heavy atom. The van der Waals surface area contributed by atoms with Gasteiger partial charge in [-0.25, -0.2) is 0 Å². The fourth-order valence-electron chi connectivity index (χ4n) is 2.26. The second kappa shape index (κ2) is 5.32. The fraction of sp³-hybridized carbons (Fsp3) is 0.900. The monoisotopic (exact) mass is 199 g/mol. The standard InChI is InChI=1S/C10H21N3O/c1-2-9(10(12)14)13-6-4-8(7-13)3-5-11/h8-9H,2-7,11H2,1H3,(H2,12,14). The van der Waals surface area contributed by atoms with Gasteiger partial charge in [0.05, 0.1) is 6.04 Å². The largest absolute Gasteiger partial charge is 0.368 e. The van der Waals surface area contributed by atoms with Crippen molar-refractivity contribution in [2.45, 2.75) is 32.2 Å². The molecule has 2 unspecified atom stereocenters. The summed E-state index contributed by atoms with van der Waals surface area (Å²) in [6.07, 6.45) is 3.03. The molecule has 0 bridgehead atoms. The predicted octanol–water partition coefficient (Wildman–Crippen LogP) is -0.0790. The number of nitrogens with two attached hydrogens (primary N) is 2. The molecule has 0 aromatic carbocycles. The zero-order chi connectivity index (χ0) is 10.6. The SMILES string of the molecule is CCC(C(N)=O)N1CCC(CCN)C1. The molecule has 0 spiro atoms. The van der Waals surface area contributed by atoms with Gasteiger partial charge in [-0.2, -0.15) is 0 Å². The molecule has 4 heteroatoms. The van der Waals surface area contributed by atoms with Crippen LogP contribution in [0, 0.1) is 5.92 Å². The Kier molecular flexibility index (Phi) is 4.35. The van der Waals surface area contributed by atoms with E-state index in [0.717, 1.165) is 38.9 Å². The third-order valence-electron chi connectivity index (χ3n) is 3.05. The van der Waals surface area contributed by atoms with Gasteiger partial charge in [-0.3, -0.25) is 9.69 Å². The molecule has 1 heterocycles. The van der Waals surface area contributed by atoms with Crippen molar-refractivity contribution in [3.05, 3.63) is 0 Å². The topological polar surface area (TPSA) is 72.4 Å². The Morgan fingerprint density at radius 3 is 2.86 bits per heavy atom. The zero-order valence-electron chi connectivity index (χ0n) is 8.91. The van der Waals surface area contributed by atoms with Gasteiger partial charge in [0.1, 0.15) is 0 Å². The summed E-state index contributed by atoms with van der Waals surface area (Å²) in [6, 6.07) is -0.0715. The van der Waals surface area contributed by atoms with E-state index in [9.17, 15) is 4.79 Å². The Hall–Kier alpha value is -0.610. The Balaban J connectivity index is 2.43. The molecule has 0 radical (unpaired) electrons. The highest BCUT2D eigenvalue weighted by Crippen LogP contribution is 2.21. The fourth-order valence-corrected chi connectivity index (χ4v) is 2.26. The van der Waals surface area contributed by atoms with E-state index < -0.39 is 0 Å². The number of carbonyl (C=O) groups is 1. The molecule has 82 valence electrons. The van der Waals surface area contributed by atoms with E-state index in [1.807, 2.05) is 6.92 Å². The first-order chi connectivity index (χ1) is 6.69. The number of carbonyl (C=O) groups excluding carboxylic acids is 1. The Morgan fingerprint density at radius 2 is 2.36 bits per heavy atom. The Labute approximate surface area is 85.6 Å². The van der Waals surface area contributed by atoms with Crippen LogP contribution in [0.5, 0.6) is 0 Å². The van der Waals surface area contributed by atoms with Gasteiger partial charge in [-0.15, -0.1) is 0 Å². The number of amides is 1. The summed E-state index contributed by atoms with van der Waals surface area (Å²) in [7, 11) is 0. The van der Waals surface area contributed by atoms with E-state index in [2.05, 4.69) is 4.90 Å². The molecule has 0 aliphatic carbocycles. The summed E-state index contributed by atoms with van der Waals surface area (Å²) in [6.45, 7) is 4.72. The molecule has 0 aromatic rings. The van der Waals surface area contributed by atoms with Crippen LogP contribution in [-0.4, -0.2) is 36.5 Å². The maximum atomic E-state index is 11.1. The van der Waals surface area contributed by atoms with E-state index >= 15 is 0 Å². The van der Waals surface area contributed by atoms with Crippen LogP contribution in [0.1, 0.15) is 26.2 Å². The smallest absolute Gasteiger partial charge is 0.234 e. The van der Waals surface area contributed by atoms with E-state index in [4.69, 9.17) is 11.5 Å². The van der Waals surface area contributed by atoms with Crippen molar-refractivity contribution >= 4 is 5.91 Å². The van der Waals surface area contributed by atoms with Crippen LogP contribution in [0.25, 0.3) is 0 Å². The minimum absolute atomic E-state index is 0.0715. The molecule has 1 saturated heterocycles. The third kappa shape index (κ3) is 2.69. The van der Waals surface area contributed by atoms with Crippen molar-refractivity contribution in [2.24, 2.45) is 17.4 Å². The normalized spacial score (nSPS) is 25.1. The highest BCUT2D eigenvalue weighted by atomic mass is 16.1. The van der Waals surface area contributed by atoms with Crippen LogP contribution < -0.4 is 11.5 Å². The summed E-state index contributed by atoms with van der Waals surface area (Å²) in [5.74, 6) is 0.467. The average molecular weight is 199 g/mol. The first-order valence-corrected chi connectivity index (χ1v) is 5.42. The lowest BCUT2D eigenvalue weighted by Gasteiger charge is -2.23. The van der Waals surface area contributed by atoms with Crippen LogP contribution >= 0.6 is 0 Å². The zero-order valence-corrected chi connectivity index (χ0v) is 8.91. The molecule has 1 aliphatic heterocycles. The van der Waals surface area contributed by atoms with Crippen LogP contribution in [0.3, 0.4) is 0 Å². The lowest BCUT2D eigenvalue weighted by atomic mass is 10.1. The second-order valence-electron chi connectivity index (χ2n) is 4.05. The minimum Gasteiger partial charge on any atom is -0.368 e. The average Bonchev–Trinajstić information content (AvgIpc) is 2.54. The van der Waals surface area contributed by atoms with Gasteiger partial charge in [0, 0.05) is 6.54 Å². The summed E-state index contributed by atoms with van der Waals surface area (Å²) < 4.78 is 0. The summed E-state index contributed by atoms with van der Waals surface area (Å²) in [5.41, 5.74) is 10.9. The van der Waals surface area contributed by atoms with Gasteiger partial charge in [0.25, 0.3) is 0 Å². The van der Waals surface area contributed by atoms with Crippen LogP contribution in [-0.2, 0) is 4.79 Å². The quantitative estimate of drug-likeness (QED) is 0.650. The van der Waals surface area contributed by atoms with Gasteiger partial charge in [0.15, 0.2) is 0 Å². The van der Waals surface area contributed by atoms with Gasteiger partial charge in [0.2, 0.25) is 5.91 Å². The van der Waals surface area contributed by atoms with E-state index in [-0.39, 0.29) is 11.9 Å². The number of hydrogen-bond acceptors (Lipinski definition) is 3. The maximum absolute atomic E-state index is 11.1. The molecule has 4 nitrogen and oxygen atoms in total. The van der Waals surface area contributed by atoms with Crippen LogP contribution in [0.2, 0.25) is 0 Å². The molecule has 1 aliphatic rings. The molecular weight excluding hydrogens is 178 g/mol. The first kappa shape index (κ1) is 11.5. The number of primary amides is 1. The van der Waals surface area contributed by atoms with Crippen molar-refractivity contribution in [3.8, 4) is 0 Å². The summed E-state index contributed by atoms with van der Waals surface area (Å²) >= 11 is 0. The molecule has 1 fully saturated rings. The molecular formula is C10H21N3O. The third-order valence-corrected chi connectivity index (χ3v) is 3.05. The van der Waals surface area contributed by atoms with E-state index in [0.29, 0.717) is 5.92 Å². The van der Waals surface area contributed by atoms with Crippen molar-refractivity contribution in [3.63, 3.8) is 0 Å². The molecule has 14 heavy (non-hydrogen) atoms. The molecule has 1 rings (SSSR count). The van der Waals surface area contributed by atoms with Gasteiger partial charge in [-0.05, 0) is 38.3 Å². The van der Waals surface area contributed by atoms with Gasteiger partial charge < -0.3 is 11.5 Å². The maximum Gasteiger partial charge on any atom is 0.234 e. The second-order valence-corrected chi connectivity index (χ2v) is 4.05. The summed E-state index contributed by atoms with van der Waals surface area (Å²) in [4.78, 5) is 13.3. The van der Waals surface area contributed by atoms with Gasteiger partial charge >= 0.3 is 0 Å².